The third-order valence-electron chi connectivity index (χ3n) is 4.71. The lowest BCUT2D eigenvalue weighted by atomic mass is 10.1. The number of methoxy groups -OCH3 is 2. The van der Waals surface area contributed by atoms with Crippen molar-refractivity contribution >= 4 is 23.5 Å². The van der Waals surface area contributed by atoms with Gasteiger partial charge in [0.25, 0.3) is 5.91 Å². The number of benzene rings is 2. The molecule has 144 valence electrons. The van der Waals surface area contributed by atoms with Gasteiger partial charge < -0.3 is 14.8 Å². The SMILES string of the molecule is COc1cccc(C(=O)Nc2c3c(nn2-c2ccc(C)cc2)CSC3)c1OC. The summed E-state index contributed by atoms with van der Waals surface area (Å²) in [7, 11) is 3.08. The first-order valence-electron chi connectivity index (χ1n) is 8.90. The van der Waals surface area contributed by atoms with Crippen molar-refractivity contribution < 1.29 is 14.3 Å². The molecule has 2 heterocycles. The van der Waals surface area contributed by atoms with E-state index in [1.807, 2.05) is 35.9 Å². The largest absolute Gasteiger partial charge is 0.493 e. The highest BCUT2D eigenvalue weighted by Gasteiger charge is 2.26. The number of hydrogen-bond donors (Lipinski definition) is 1. The van der Waals surface area contributed by atoms with Crippen LogP contribution in [0.15, 0.2) is 42.5 Å². The molecule has 0 radical (unpaired) electrons. The van der Waals surface area contributed by atoms with Crippen molar-refractivity contribution in [2.45, 2.75) is 18.4 Å². The van der Waals surface area contributed by atoms with E-state index in [0.717, 1.165) is 28.5 Å². The summed E-state index contributed by atoms with van der Waals surface area (Å²) in [4.78, 5) is 13.1. The second kappa shape index (κ2) is 7.59. The summed E-state index contributed by atoms with van der Waals surface area (Å²) < 4.78 is 12.5. The van der Waals surface area contributed by atoms with E-state index in [1.54, 1.807) is 37.1 Å². The minimum Gasteiger partial charge on any atom is -0.493 e. The molecule has 1 aliphatic rings. The molecule has 3 aromatic rings. The maximum atomic E-state index is 13.1. The number of aromatic nitrogens is 2. The van der Waals surface area contributed by atoms with Crippen molar-refractivity contribution in [2.24, 2.45) is 0 Å². The molecular weight excluding hydrogens is 374 g/mol. The van der Waals surface area contributed by atoms with E-state index in [-0.39, 0.29) is 5.91 Å². The molecule has 1 aromatic heterocycles. The number of carbonyl (C=O) groups is 1. The lowest BCUT2D eigenvalue weighted by Gasteiger charge is -2.14. The molecule has 0 fully saturated rings. The van der Waals surface area contributed by atoms with Gasteiger partial charge in [-0.3, -0.25) is 4.79 Å². The summed E-state index contributed by atoms with van der Waals surface area (Å²) in [5, 5.41) is 7.80. The summed E-state index contributed by atoms with van der Waals surface area (Å²) >= 11 is 1.79. The first kappa shape index (κ1) is 18.4. The molecule has 7 heteroatoms. The number of thioether (sulfide) groups is 1. The molecule has 4 rings (SSSR count). The minimum atomic E-state index is -0.260. The Kier molecular flexibility index (Phi) is 5.00. The molecule has 28 heavy (non-hydrogen) atoms. The molecule has 0 saturated heterocycles. The van der Waals surface area contributed by atoms with E-state index in [1.165, 1.54) is 12.7 Å². The zero-order valence-electron chi connectivity index (χ0n) is 16.0. The summed E-state index contributed by atoms with van der Waals surface area (Å²) in [6, 6.07) is 13.3. The Morgan fingerprint density at radius 2 is 1.89 bits per heavy atom. The number of hydrogen-bond acceptors (Lipinski definition) is 5. The number of amides is 1. The fraction of sp³-hybridized carbons (Fsp3) is 0.238. The Morgan fingerprint density at radius 1 is 1.11 bits per heavy atom. The van der Waals surface area contributed by atoms with Gasteiger partial charge in [0.15, 0.2) is 11.5 Å². The minimum absolute atomic E-state index is 0.260. The van der Waals surface area contributed by atoms with Crippen LogP contribution in [0, 0.1) is 6.92 Å². The average Bonchev–Trinajstić information content (AvgIpc) is 3.30. The van der Waals surface area contributed by atoms with Crippen LogP contribution in [0.4, 0.5) is 5.82 Å². The van der Waals surface area contributed by atoms with Crippen LogP contribution in [0.2, 0.25) is 0 Å². The predicted molar refractivity (Wildman–Crippen MR) is 111 cm³/mol. The Morgan fingerprint density at radius 3 is 2.61 bits per heavy atom. The highest BCUT2D eigenvalue weighted by Crippen LogP contribution is 2.37. The molecular formula is C21H21N3O3S. The quantitative estimate of drug-likeness (QED) is 0.701. The van der Waals surface area contributed by atoms with Crippen LogP contribution < -0.4 is 14.8 Å². The average molecular weight is 395 g/mol. The van der Waals surface area contributed by atoms with Crippen molar-refractivity contribution in [3.63, 3.8) is 0 Å². The molecule has 1 aliphatic heterocycles. The van der Waals surface area contributed by atoms with Crippen molar-refractivity contribution in [3.8, 4) is 17.2 Å². The van der Waals surface area contributed by atoms with Crippen molar-refractivity contribution in [1.82, 2.24) is 9.78 Å². The van der Waals surface area contributed by atoms with E-state index in [9.17, 15) is 4.79 Å². The van der Waals surface area contributed by atoms with E-state index >= 15 is 0 Å². The highest BCUT2D eigenvalue weighted by atomic mass is 32.2. The third kappa shape index (κ3) is 3.22. The molecule has 0 aliphatic carbocycles. The summed E-state index contributed by atoms with van der Waals surface area (Å²) in [6.07, 6.45) is 0. The van der Waals surface area contributed by atoms with E-state index in [4.69, 9.17) is 14.6 Å². The van der Waals surface area contributed by atoms with Gasteiger partial charge in [-0.05, 0) is 31.2 Å². The Bertz CT molecular complexity index is 1030. The van der Waals surface area contributed by atoms with E-state index in [2.05, 4.69) is 5.32 Å². The number of anilines is 1. The molecule has 6 nitrogen and oxygen atoms in total. The van der Waals surface area contributed by atoms with Crippen LogP contribution in [-0.4, -0.2) is 29.9 Å². The fourth-order valence-electron chi connectivity index (χ4n) is 3.25. The Labute approximate surface area is 167 Å². The zero-order chi connectivity index (χ0) is 19.7. The van der Waals surface area contributed by atoms with Crippen molar-refractivity contribution in [1.29, 1.82) is 0 Å². The highest BCUT2D eigenvalue weighted by molar-refractivity contribution is 7.98. The van der Waals surface area contributed by atoms with Crippen LogP contribution in [0.5, 0.6) is 11.5 Å². The van der Waals surface area contributed by atoms with Gasteiger partial charge in [-0.15, -0.1) is 0 Å². The topological polar surface area (TPSA) is 65.4 Å². The lowest BCUT2D eigenvalue weighted by Crippen LogP contribution is -2.17. The normalized spacial score (nSPS) is 12.5. The first-order chi connectivity index (χ1) is 13.6. The molecule has 0 spiro atoms. The number of nitrogens with one attached hydrogen (secondary N) is 1. The van der Waals surface area contributed by atoms with Gasteiger partial charge >= 0.3 is 0 Å². The van der Waals surface area contributed by atoms with Gasteiger partial charge in [-0.1, -0.05) is 23.8 Å². The summed E-state index contributed by atoms with van der Waals surface area (Å²) in [6.45, 7) is 2.04. The standard InChI is InChI=1S/C21H21N3O3S/c1-13-7-9-14(10-8-13)24-20(16-11-28-12-17(16)23-24)22-21(25)15-5-4-6-18(26-2)19(15)27-3/h4-10H,11-12H2,1-3H3,(H,22,25). The van der Waals surface area contributed by atoms with Gasteiger partial charge in [0.1, 0.15) is 5.82 Å². The smallest absolute Gasteiger partial charge is 0.260 e. The van der Waals surface area contributed by atoms with Crippen LogP contribution in [0.1, 0.15) is 27.2 Å². The van der Waals surface area contributed by atoms with Crippen LogP contribution >= 0.6 is 11.8 Å². The molecule has 0 unspecified atom stereocenters. The Hall–Kier alpha value is -2.93. The van der Waals surface area contributed by atoms with Gasteiger partial charge in [0, 0.05) is 17.1 Å². The summed E-state index contributed by atoms with van der Waals surface area (Å²) in [5.74, 6) is 3.05. The van der Waals surface area contributed by atoms with Crippen LogP contribution in [-0.2, 0) is 11.5 Å². The monoisotopic (exact) mass is 395 g/mol. The maximum Gasteiger partial charge on any atom is 0.260 e. The molecule has 2 aromatic carbocycles. The van der Waals surface area contributed by atoms with Gasteiger partial charge in [-0.2, -0.15) is 16.9 Å². The number of rotatable bonds is 5. The van der Waals surface area contributed by atoms with Crippen LogP contribution in [0.3, 0.4) is 0 Å². The van der Waals surface area contributed by atoms with E-state index in [0.29, 0.717) is 22.9 Å². The molecule has 0 bridgehead atoms. The molecule has 0 atom stereocenters. The third-order valence-corrected chi connectivity index (χ3v) is 5.68. The number of nitrogens with zero attached hydrogens (tertiary/aromatic N) is 2. The zero-order valence-corrected chi connectivity index (χ0v) is 16.8. The molecule has 1 amide bonds. The predicted octanol–water partition coefficient (Wildman–Crippen LogP) is 4.20. The molecule has 0 saturated carbocycles. The lowest BCUT2D eigenvalue weighted by molar-refractivity contribution is 0.102. The molecule has 1 N–H and O–H groups in total. The maximum absolute atomic E-state index is 13.1. The van der Waals surface area contributed by atoms with Crippen molar-refractivity contribution in [2.75, 3.05) is 19.5 Å². The fourth-order valence-corrected chi connectivity index (χ4v) is 4.29. The number of aryl methyl sites for hydroxylation is 1. The number of carbonyl (C=O) groups excluding carboxylic acids is 1. The van der Waals surface area contributed by atoms with E-state index < -0.39 is 0 Å². The van der Waals surface area contributed by atoms with Gasteiger partial charge in [-0.25, -0.2) is 4.68 Å². The number of para-hydroxylation sites is 1. The number of fused-ring (bicyclic) bond motifs is 1. The summed E-state index contributed by atoms with van der Waals surface area (Å²) in [5.41, 5.74) is 4.58. The first-order valence-corrected chi connectivity index (χ1v) is 10.1. The second-order valence-corrected chi connectivity index (χ2v) is 7.49. The number of ether oxygens (including phenoxy) is 2. The van der Waals surface area contributed by atoms with Gasteiger partial charge in [0.2, 0.25) is 0 Å². The van der Waals surface area contributed by atoms with Crippen LogP contribution in [0.25, 0.3) is 5.69 Å². The van der Waals surface area contributed by atoms with Crippen molar-refractivity contribution in [3.05, 3.63) is 64.8 Å². The Balaban J connectivity index is 1.74. The van der Waals surface area contributed by atoms with Gasteiger partial charge in [0.05, 0.1) is 31.2 Å². The second-order valence-electron chi connectivity index (χ2n) is 6.51.